The minimum atomic E-state index is 0.216. The lowest BCUT2D eigenvalue weighted by molar-refractivity contribution is 0.274. The van der Waals surface area contributed by atoms with Crippen molar-refractivity contribution in [3.63, 3.8) is 0 Å². The van der Waals surface area contributed by atoms with Crippen molar-refractivity contribution >= 4 is 11.0 Å². The van der Waals surface area contributed by atoms with E-state index in [1.807, 2.05) is 24.3 Å². The minimum Gasteiger partial charge on any atom is -0.508 e. The van der Waals surface area contributed by atoms with E-state index in [1.54, 1.807) is 24.3 Å². The number of fused-ring (bicyclic) bond motifs is 1. The Morgan fingerprint density at radius 1 is 1.10 bits per heavy atom. The van der Waals surface area contributed by atoms with Crippen molar-refractivity contribution in [1.29, 1.82) is 0 Å². The maximum atomic E-state index is 9.21. The second-order valence-corrected chi connectivity index (χ2v) is 4.53. The van der Waals surface area contributed by atoms with E-state index in [0.29, 0.717) is 18.9 Å². The number of hydrogen-bond acceptors (Lipinski definition) is 4. The zero-order chi connectivity index (χ0) is 13.9. The summed E-state index contributed by atoms with van der Waals surface area (Å²) in [6, 6.07) is 14.5. The number of phenolic OH excluding ortho intramolecular Hbond substituents is 1. The van der Waals surface area contributed by atoms with Crippen LogP contribution in [0.15, 0.2) is 52.9 Å². The summed E-state index contributed by atoms with van der Waals surface area (Å²) in [6.45, 7) is 0.784. The average Bonchev–Trinajstić information content (AvgIpc) is 2.89. The summed E-state index contributed by atoms with van der Waals surface area (Å²) in [7, 11) is 0. The molecular formula is C16H15NO3. The van der Waals surface area contributed by atoms with Crippen LogP contribution in [0.3, 0.4) is 0 Å². The molecule has 3 N–H and O–H groups in total. The van der Waals surface area contributed by atoms with E-state index in [-0.39, 0.29) is 5.75 Å². The Kier molecular flexibility index (Phi) is 3.31. The van der Waals surface area contributed by atoms with Gasteiger partial charge in [-0.25, -0.2) is 0 Å². The van der Waals surface area contributed by atoms with Gasteiger partial charge in [0.2, 0.25) is 0 Å². The van der Waals surface area contributed by atoms with E-state index in [1.165, 1.54) is 0 Å². The van der Waals surface area contributed by atoms with E-state index < -0.39 is 0 Å². The highest BCUT2D eigenvalue weighted by molar-refractivity contribution is 5.81. The predicted molar refractivity (Wildman–Crippen MR) is 76.5 cm³/mol. The third-order valence-electron chi connectivity index (χ3n) is 3.11. The zero-order valence-electron chi connectivity index (χ0n) is 10.9. The van der Waals surface area contributed by atoms with Gasteiger partial charge in [0.25, 0.3) is 0 Å². The van der Waals surface area contributed by atoms with Crippen LogP contribution in [0.25, 0.3) is 11.0 Å². The topological polar surface area (TPSA) is 68.6 Å². The Labute approximate surface area is 116 Å². The van der Waals surface area contributed by atoms with Gasteiger partial charge in [0.05, 0.1) is 0 Å². The fourth-order valence-corrected chi connectivity index (χ4v) is 2.11. The number of para-hydroxylation sites is 1. The molecule has 1 aromatic heterocycles. The number of aromatic hydroxyl groups is 1. The SMILES string of the molecule is NCc1cccc2cc(COc3ccc(O)cc3)oc12. The third-order valence-corrected chi connectivity index (χ3v) is 3.11. The summed E-state index contributed by atoms with van der Waals surface area (Å²) in [5, 5.41) is 10.2. The molecule has 3 rings (SSSR count). The fraction of sp³-hybridized carbons (Fsp3) is 0.125. The molecule has 0 aliphatic rings. The van der Waals surface area contributed by atoms with Crippen molar-refractivity contribution in [3.05, 3.63) is 59.9 Å². The van der Waals surface area contributed by atoms with Gasteiger partial charge in [0, 0.05) is 17.5 Å². The Morgan fingerprint density at radius 2 is 1.90 bits per heavy atom. The minimum absolute atomic E-state index is 0.216. The molecule has 0 saturated heterocycles. The van der Waals surface area contributed by atoms with Crippen molar-refractivity contribution in [2.45, 2.75) is 13.2 Å². The summed E-state index contributed by atoms with van der Waals surface area (Å²) >= 11 is 0. The Balaban J connectivity index is 1.79. The summed E-state index contributed by atoms with van der Waals surface area (Å²) in [4.78, 5) is 0. The molecule has 0 atom stereocenters. The van der Waals surface area contributed by atoms with E-state index in [0.717, 1.165) is 22.3 Å². The number of hydrogen-bond donors (Lipinski definition) is 2. The van der Waals surface area contributed by atoms with Crippen molar-refractivity contribution < 1.29 is 14.3 Å². The van der Waals surface area contributed by atoms with Gasteiger partial charge in [-0.3, -0.25) is 0 Å². The molecule has 1 heterocycles. The van der Waals surface area contributed by atoms with E-state index in [4.69, 9.17) is 14.9 Å². The highest BCUT2D eigenvalue weighted by Crippen LogP contribution is 2.24. The van der Waals surface area contributed by atoms with Gasteiger partial charge in [0.1, 0.15) is 29.4 Å². The van der Waals surface area contributed by atoms with Crippen molar-refractivity contribution in [3.8, 4) is 11.5 Å². The number of furan rings is 1. The smallest absolute Gasteiger partial charge is 0.146 e. The first-order chi connectivity index (χ1) is 9.76. The van der Waals surface area contributed by atoms with Crippen LogP contribution in [0.5, 0.6) is 11.5 Å². The third kappa shape index (κ3) is 2.46. The molecule has 0 spiro atoms. The van der Waals surface area contributed by atoms with Crippen molar-refractivity contribution in [2.24, 2.45) is 5.73 Å². The van der Waals surface area contributed by atoms with Crippen LogP contribution < -0.4 is 10.5 Å². The zero-order valence-corrected chi connectivity index (χ0v) is 10.9. The van der Waals surface area contributed by atoms with Crippen LogP contribution in [0.4, 0.5) is 0 Å². The largest absolute Gasteiger partial charge is 0.508 e. The summed E-state index contributed by atoms with van der Waals surface area (Å²) in [5.74, 6) is 1.64. The molecule has 0 bridgehead atoms. The molecule has 20 heavy (non-hydrogen) atoms. The van der Waals surface area contributed by atoms with E-state index in [9.17, 15) is 5.11 Å². The highest BCUT2D eigenvalue weighted by Gasteiger charge is 2.07. The van der Waals surface area contributed by atoms with Crippen LogP contribution in [0.2, 0.25) is 0 Å². The molecule has 0 unspecified atom stereocenters. The molecular weight excluding hydrogens is 254 g/mol. The number of rotatable bonds is 4. The first kappa shape index (κ1) is 12.6. The molecule has 0 aliphatic heterocycles. The summed E-state index contributed by atoms with van der Waals surface area (Å²) in [6.07, 6.45) is 0. The highest BCUT2D eigenvalue weighted by atomic mass is 16.5. The van der Waals surface area contributed by atoms with E-state index in [2.05, 4.69) is 0 Å². The molecule has 102 valence electrons. The first-order valence-corrected chi connectivity index (χ1v) is 6.38. The first-order valence-electron chi connectivity index (χ1n) is 6.38. The lowest BCUT2D eigenvalue weighted by atomic mass is 10.1. The maximum absolute atomic E-state index is 9.21. The standard InChI is InChI=1S/C16H15NO3/c17-9-12-3-1-2-11-8-15(20-16(11)12)10-19-14-6-4-13(18)5-7-14/h1-8,18H,9-10,17H2. The average molecular weight is 269 g/mol. The second-order valence-electron chi connectivity index (χ2n) is 4.53. The molecule has 3 aromatic rings. The van der Waals surface area contributed by atoms with Crippen molar-refractivity contribution in [1.82, 2.24) is 0 Å². The molecule has 0 radical (unpaired) electrons. The Bertz CT molecular complexity index is 716. The number of benzene rings is 2. The number of phenols is 1. The molecule has 0 fully saturated rings. The van der Waals surface area contributed by atoms with Crippen molar-refractivity contribution in [2.75, 3.05) is 0 Å². The molecule has 0 aliphatic carbocycles. The molecule has 4 nitrogen and oxygen atoms in total. The molecule has 0 amide bonds. The monoisotopic (exact) mass is 269 g/mol. The summed E-state index contributed by atoms with van der Waals surface area (Å²) < 4.78 is 11.4. The van der Waals surface area contributed by atoms with Crippen LogP contribution in [0, 0.1) is 0 Å². The second kappa shape index (κ2) is 5.27. The van der Waals surface area contributed by atoms with E-state index >= 15 is 0 Å². The fourth-order valence-electron chi connectivity index (χ4n) is 2.11. The Morgan fingerprint density at radius 3 is 2.65 bits per heavy atom. The Hall–Kier alpha value is -2.46. The lowest BCUT2D eigenvalue weighted by Gasteiger charge is -2.03. The van der Waals surface area contributed by atoms with Gasteiger partial charge in [-0.05, 0) is 30.3 Å². The van der Waals surface area contributed by atoms with Crippen LogP contribution in [0.1, 0.15) is 11.3 Å². The van der Waals surface area contributed by atoms with Gasteiger partial charge in [-0.2, -0.15) is 0 Å². The predicted octanol–water partition coefficient (Wildman–Crippen LogP) is 3.18. The van der Waals surface area contributed by atoms with Gasteiger partial charge >= 0.3 is 0 Å². The quantitative estimate of drug-likeness (QED) is 0.763. The molecule has 0 saturated carbocycles. The van der Waals surface area contributed by atoms with Crippen LogP contribution in [-0.4, -0.2) is 5.11 Å². The molecule has 4 heteroatoms. The lowest BCUT2D eigenvalue weighted by Crippen LogP contribution is -1.95. The van der Waals surface area contributed by atoms with Gasteiger partial charge in [-0.1, -0.05) is 18.2 Å². The number of ether oxygens (including phenoxy) is 1. The molecule has 2 aromatic carbocycles. The van der Waals surface area contributed by atoms with Gasteiger partial charge in [0.15, 0.2) is 0 Å². The van der Waals surface area contributed by atoms with Gasteiger partial charge in [-0.15, -0.1) is 0 Å². The maximum Gasteiger partial charge on any atom is 0.146 e. The normalized spacial score (nSPS) is 10.8. The number of nitrogens with two attached hydrogens (primary N) is 1. The van der Waals surface area contributed by atoms with Crippen LogP contribution >= 0.6 is 0 Å². The van der Waals surface area contributed by atoms with Crippen LogP contribution in [-0.2, 0) is 13.2 Å². The summed E-state index contributed by atoms with van der Waals surface area (Å²) in [5.41, 5.74) is 7.49. The van der Waals surface area contributed by atoms with Gasteiger partial charge < -0.3 is 20.0 Å².